The summed E-state index contributed by atoms with van der Waals surface area (Å²) in [7, 11) is 0. The van der Waals surface area contributed by atoms with Gasteiger partial charge < -0.3 is 9.80 Å². The largest absolute Gasteiger partial charge is 0.353 e. The summed E-state index contributed by atoms with van der Waals surface area (Å²) in [4.78, 5) is 4.13. The van der Waals surface area contributed by atoms with E-state index in [-0.39, 0.29) is 24.9 Å². The van der Waals surface area contributed by atoms with Gasteiger partial charge in [-0.25, -0.2) is 8.78 Å². The third kappa shape index (κ3) is 4.86. The molecule has 3 unspecified atom stereocenters. The molecule has 1 aliphatic carbocycles. The lowest BCUT2D eigenvalue weighted by molar-refractivity contribution is -0.0492. The SMILES string of the molecule is CC1=CN(CC2CCC(F)(F)CC2)C(C(C)OS(=O)O)N1c1ccccc1. The standard InChI is InChI=1S/C19H26F2N2O3S/c1-14-12-22(13-16-8-10-19(20,21)11-9-16)18(15(2)26-27(24)25)23(14)17-6-4-3-5-7-17/h3-7,12,15-16,18H,8-11,13H2,1-2H3,(H,24,25). The number of nitrogens with zero attached hydrogens (tertiary/aromatic N) is 2. The van der Waals surface area contributed by atoms with E-state index in [1.54, 1.807) is 6.92 Å². The molecule has 1 heterocycles. The van der Waals surface area contributed by atoms with Crippen molar-refractivity contribution in [3.05, 3.63) is 42.2 Å². The van der Waals surface area contributed by atoms with Gasteiger partial charge in [-0.3, -0.25) is 8.74 Å². The van der Waals surface area contributed by atoms with E-state index in [9.17, 15) is 17.5 Å². The third-order valence-corrected chi connectivity index (χ3v) is 5.80. The number of para-hydroxylation sites is 1. The van der Waals surface area contributed by atoms with Crippen molar-refractivity contribution in [3.8, 4) is 0 Å². The first-order chi connectivity index (χ1) is 12.8. The summed E-state index contributed by atoms with van der Waals surface area (Å²) < 4.78 is 52.5. The fraction of sp³-hybridized carbons (Fsp3) is 0.579. The first-order valence-corrected chi connectivity index (χ1v) is 10.2. The van der Waals surface area contributed by atoms with Gasteiger partial charge in [0.15, 0.2) is 0 Å². The lowest BCUT2D eigenvalue weighted by Crippen LogP contribution is -2.50. The van der Waals surface area contributed by atoms with Crippen molar-refractivity contribution in [2.45, 2.75) is 57.7 Å². The molecule has 1 aromatic rings. The molecule has 0 bridgehead atoms. The summed E-state index contributed by atoms with van der Waals surface area (Å²) in [6.07, 6.45) is 1.93. The number of rotatable bonds is 6. The van der Waals surface area contributed by atoms with Crippen LogP contribution in [-0.2, 0) is 15.5 Å². The van der Waals surface area contributed by atoms with Crippen molar-refractivity contribution in [3.63, 3.8) is 0 Å². The second-order valence-electron chi connectivity index (χ2n) is 7.40. The molecule has 1 N–H and O–H groups in total. The van der Waals surface area contributed by atoms with Gasteiger partial charge in [-0.2, -0.15) is 4.21 Å². The Balaban J connectivity index is 1.80. The van der Waals surface area contributed by atoms with Crippen LogP contribution in [-0.4, -0.2) is 38.4 Å². The zero-order valence-electron chi connectivity index (χ0n) is 15.6. The minimum Gasteiger partial charge on any atom is -0.353 e. The monoisotopic (exact) mass is 400 g/mol. The average Bonchev–Trinajstić information content (AvgIpc) is 2.93. The summed E-state index contributed by atoms with van der Waals surface area (Å²) in [5.74, 6) is -2.38. The Hall–Kier alpha value is -1.51. The van der Waals surface area contributed by atoms with Gasteiger partial charge in [0.2, 0.25) is 5.92 Å². The van der Waals surface area contributed by atoms with Crippen LogP contribution in [0.1, 0.15) is 39.5 Å². The highest BCUT2D eigenvalue weighted by Crippen LogP contribution is 2.38. The number of allylic oxidation sites excluding steroid dienone is 1. The highest BCUT2D eigenvalue weighted by Gasteiger charge is 2.40. The Bertz CT molecular complexity index is 691. The van der Waals surface area contributed by atoms with Gasteiger partial charge in [0.1, 0.15) is 12.3 Å². The molecule has 0 saturated heterocycles. The minimum atomic E-state index is -2.55. The Morgan fingerprint density at radius 3 is 2.52 bits per heavy atom. The van der Waals surface area contributed by atoms with Gasteiger partial charge in [-0.15, -0.1) is 0 Å². The predicted molar refractivity (Wildman–Crippen MR) is 101 cm³/mol. The molecule has 150 valence electrons. The molecule has 2 aliphatic rings. The molecule has 8 heteroatoms. The van der Waals surface area contributed by atoms with E-state index >= 15 is 0 Å². The van der Waals surface area contributed by atoms with Crippen LogP contribution in [0.15, 0.2) is 42.2 Å². The summed E-state index contributed by atoms with van der Waals surface area (Å²) in [6, 6.07) is 9.73. The first kappa shape index (κ1) is 20.2. The Labute approximate surface area is 161 Å². The number of halogens is 2. The van der Waals surface area contributed by atoms with E-state index in [0.717, 1.165) is 11.4 Å². The fourth-order valence-electron chi connectivity index (χ4n) is 4.08. The topological polar surface area (TPSA) is 53.0 Å². The van der Waals surface area contributed by atoms with E-state index in [2.05, 4.69) is 9.80 Å². The molecule has 0 amide bonds. The number of alkyl halides is 2. The lowest BCUT2D eigenvalue weighted by atomic mass is 9.86. The molecule has 3 atom stereocenters. The van der Waals surface area contributed by atoms with E-state index in [1.807, 2.05) is 43.5 Å². The average molecular weight is 400 g/mol. The van der Waals surface area contributed by atoms with Crippen molar-refractivity contribution in [1.82, 2.24) is 4.90 Å². The molecule has 1 aromatic carbocycles. The number of benzene rings is 1. The van der Waals surface area contributed by atoms with Gasteiger partial charge in [0.05, 0.1) is 0 Å². The maximum absolute atomic E-state index is 13.5. The van der Waals surface area contributed by atoms with Crippen LogP contribution in [0.25, 0.3) is 0 Å². The molecule has 1 fully saturated rings. The summed E-state index contributed by atoms with van der Waals surface area (Å²) in [6.45, 7) is 4.34. The molecular weight excluding hydrogens is 374 g/mol. The quantitative estimate of drug-likeness (QED) is 0.719. The molecular formula is C19H26F2N2O3S. The molecule has 0 aromatic heterocycles. The van der Waals surface area contributed by atoms with Crippen LogP contribution in [0.3, 0.4) is 0 Å². The maximum Gasteiger partial charge on any atom is 0.302 e. The van der Waals surface area contributed by atoms with Crippen molar-refractivity contribution in [2.75, 3.05) is 11.4 Å². The van der Waals surface area contributed by atoms with E-state index < -0.39 is 23.4 Å². The molecule has 3 rings (SSSR count). The molecule has 1 saturated carbocycles. The Kier molecular flexibility index (Phi) is 6.18. The van der Waals surface area contributed by atoms with Crippen LogP contribution in [0.4, 0.5) is 14.5 Å². The maximum atomic E-state index is 13.5. The van der Waals surface area contributed by atoms with Crippen LogP contribution < -0.4 is 4.90 Å². The van der Waals surface area contributed by atoms with E-state index in [4.69, 9.17) is 4.18 Å². The summed E-state index contributed by atoms with van der Waals surface area (Å²) >= 11 is -2.38. The highest BCUT2D eigenvalue weighted by atomic mass is 32.2. The second kappa shape index (κ2) is 8.24. The van der Waals surface area contributed by atoms with Gasteiger partial charge in [0, 0.05) is 37.0 Å². The van der Waals surface area contributed by atoms with Crippen molar-refractivity contribution < 1.29 is 21.7 Å². The number of anilines is 1. The van der Waals surface area contributed by atoms with Crippen molar-refractivity contribution >= 4 is 17.0 Å². The molecule has 0 spiro atoms. The van der Waals surface area contributed by atoms with Gasteiger partial charge in [-0.1, -0.05) is 18.2 Å². The second-order valence-corrected chi connectivity index (χ2v) is 8.03. The smallest absolute Gasteiger partial charge is 0.302 e. The minimum absolute atomic E-state index is 0.0754. The lowest BCUT2D eigenvalue weighted by Gasteiger charge is -2.39. The van der Waals surface area contributed by atoms with E-state index in [1.165, 1.54) is 0 Å². The summed E-state index contributed by atoms with van der Waals surface area (Å²) in [5, 5.41) is 0. The van der Waals surface area contributed by atoms with Crippen LogP contribution in [0.2, 0.25) is 0 Å². The van der Waals surface area contributed by atoms with Crippen LogP contribution >= 0.6 is 0 Å². The molecule has 27 heavy (non-hydrogen) atoms. The fourth-order valence-corrected chi connectivity index (χ4v) is 4.44. The highest BCUT2D eigenvalue weighted by molar-refractivity contribution is 7.74. The summed E-state index contributed by atoms with van der Waals surface area (Å²) in [5.41, 5.74) is 1.93. The van der Waals surface area contributed by atoms with Crippen molar-refractivity contribution in [1.29, 1.82) is 0 Å². The number of hydrogen-bond acceptors (Lipinski definition) is 4. The zero-order chi connectivity index (χ0) is 19.6. The van der Waals surface area contributed by atoms with Gasteiger partial charge >= 0.3 is 11.4 Å². The Morgan fingerprint density at radius 1 is 1.30 bits per heavy atom. The first-order valence-electron chi connectivity index (χ1n) is 9.21. The molecule has 5 nitrogen and oxygen atoms in total. The molecule has 1 aliphatic heterocycles. The normalized spacial score (nSPS) is 25.4. The third-order valence-electron chi connectivity index (χ3n) is 5.33. The molecule has 0 radical (unpaired) electrons. The predicted octanol–water partition coefficient (Wildman–Crippen LogP) is 4.36. The van der Waals surface area contributed by atoms with Gasteiger partial charge in [0.25, 0.3) is 0 Å². The van der Waals surface area contributed by atoms with Crippen LogP contribution in [0, 0.1) is 5.92 Å². The van der Waals surface area contributed by atoms with Crippen molar-refractivity contribution in [2.24, 2.45) is 5.92 Å². The number of hydrogen-bond donors (Lipinski definition) is 1. The van der Waals surface area contributed by atoms with E-state index in [0.29, 0.717) is 19.4 Å². The Morgan fingerprint density at radius 2 is 1.93 bits per heavy atom. The van der Waals surface area contributed by atoms with Gasteiger partial charge in [-0.05, 0) is 44.7 Å². The zero-order valence-corrected chi connectivity index (χ0v) is 16.4. The van der Waals surface area contributed by atoms with Crippen LogP contribution in [0.5, 0.6) is 0 Å².